The molecule has 0 spiro atoms. The van der Waals surface area contributed by atoms with E-state index in [1.54, 1.807) is 23.1 Å². The average Bonchev–Trinajstić information content (AvgIpc) is 3.30. The molecule has 3 aromatic rings. The van der Waals surface area contributed by atoms with E-state index in [1.807, 2.05) is 25.4 Å². The van der Waals surface area contributed by atoms with E-state index < -0.39 is 0 Å². The lowest BCUT2D eigenvalue weighted by atomic mass is 10.0. The highest BCUT2D eigenvalue weighted by molar-refractivity contribution is 5.73. The Morgan fingerprint density at radius 3 is 2.68 bits per heavy atom. The number of nitrogens with zero attached hydrogens (tertiary/aromatic N) is 6. The van der Waals surface area contributed by atoms with E-state index in [1.165, 1.54) is 0 Å². The zero-order chi connectivity index (χ0) is 19.7. The van der Waals surface area contributed by atoms with Crippen LogP contribution in [0.25, 0.3) is 22.4 Å². The van der Waals surface area contributed by atoms with Crippen molar-refractivity contribution in [3.63, 3.8) is 0 Å². The Morgan fingerprint density at radius 1 is 1.18 bits per heavy atom. The van der Waals surface area contributed by atoms with Crippen LogP contribution in [0.15, 0.2) is 36.8 Å². The van der Waals surface area contributed by atoms with Gasteiger partial charge in [0.1, 0.15) is 11.4 Å². The lowest BCUT2D eigenvalue weighted by Crippen LogP contribution is -2.37. The van der Waals surface area contributed by atoms with E-state index in [0.717, 1.165) is 30.6 Å². The second-order valence-corrected chi connectivity index (χ2v) is 7.53. The highest BCUT2D eigenvalue weighted by Gasteiger charge is 2.25. The van der Waals surface area contributed by atoms with E-state index >= 15 is 0 Å². The van der Waals surface area contributed by atoms with Crippen LogP contribution in [0.3, 0.4) is 0 Å². The molecule has 1 atom stereocenters. The average molecular weight is 379 g/mol. The van der Waals surface area contributed by atoms with Gasteiger partial charge < -0.3 is 15.3 Å². The molecule has 0 saturated carbocycles. The first-order chi connectivity index (χ1) is 13.5. The maximum Gasteiger partial charge on any atom is 0.245 e. The molecule has 8 nitrogen and oxygen atoms in total. The highest BCUT2D eigenvalue weighted by atomic mass is 16.3. The zero-order valence-corrected chi connectivity index (χ0v) is 16.4. The van der Waals surface area contributed by atoms with Crippen molar-refractivity contribution in [3.8, 4) is 28.1 Å². The molecule has 2 N–H and O–H groups in total. The quantitative estimate of drug-likeness (QED) is 0.702. The fourth-order valence-electron chi connectivity index (χ4n) is 3.58. The van der Waals surface area contributed by atoms with Gasteiger partial charge >= 0.3 is 0 Å². The van der Waals surface area contributed by atoms with E-state index in [9.17, 15) is 5.11 Å². The number of aromatic nitrogens is 5. The van der Waals surface area contributed by atoms with Crippen molar-refractivity contribution in [1.29, 1.82) is 0 Å². The number of phenolic OH excluding ortho intramolecular Hbond substituents is 1. The normalized spacial score (nSPS) is 16.9. The summed E-state index contributed by atoms with van der Waals surface area (Å²) in [5.41, 5.74) is 3.00. The molecule has 0 aliphatic carbocycles. The van der Waals surface area contributed by atoms with Crippen molar-refractivity contribution < 1.29 is 5.11 Å². The molecule has 0 bridgehead atoms. The minimum absolute atomic E-state index is 0.146. The van der Waals surface area contributed by atoms with Gasteiger partial charge in [0.05, 0.1) is 12.4 Å². The van der Waals surface area contributed by atoms with Gasteiger partial charge in [-0.15, -0.1) is 10.2 Å². The number of hydrogen-bond acceptors (Lipinski definition) is 7. The number of anilines is 1. The van der Waals surface area contributed by atoms with Crippen LogP contribution in [-0.4, -0.2) is 55.2 Å². The van der Waals surface area contributed by atoms with Crippen molar-refractivity contribution in [3.05, 3.63) is 36.8 Å². The predicted octanol–water partition coefficient (Wildman–Crippen LogP) is 2.22. The Kier molecular flexibility index (Phi) is 4.95. The van der Waals surface area contributed by atoms with Gasteiger partial charge in [0, 0.05) is 49.5 Å². The largest absolute Gasteiger partial charge is 0.507 e. The second kappa shape index (κ2) is 7.55. The smallest absolute Gasteiger partial charge is 0.245 e. The lowest BCUT2D eigenvalue weighted by molar-refractivity contribution is 0.477. The molecule has 1 aromatic carbocycles. The first-order valence-corrected chi connectivity index (χ1v) is 9.52. The van der Waals surface area contributed by atoms with Crippen LogP contribution < -0.4 is 10.2 Å². The molecule has 2 aromatic heterocycles. The van der Waals surface area contributed by atoms with Crippen molar-refractivity contribution in [2.75, 3.05) is 18.0 Å². The standard InChI is InChI=1S/C20H25N7O/c1-13(2)23-16-6-7-27(12-16)20-21-10-18(24-25-20)17-5-4-14(8-19(17)28)15-9-22-26(3)11-15/h4-5,8-11,13,16,23,28H,6-7,12H2,1-3H3. The summed E-state index contributed by atoms with van der Waals surface area (Å²) in [5.74, 6) is 0.774. The van der Waals surface area contributed by atoms with Crippen molar-refractivity contribution in [2.45, 2.75) is 32.4 Å². The number of phenols is 1. The first kappa shape index (κ1) is 18.4. The molecule has 1 fully saturated rings. The third-order valence-corrected chi connectivity index (χ3v) is 4.90. The Labute approximate surface area is 164 Å². The van der Waals surface area contributed by atoms with Crippen LogP contribution in [0.5, 0.6) is 5.75 Å². The summed E-state index contributed by atoms with van der Waals surface area (Å²) in [6, 6.07) is 6.40. The summed E-state index contributed by atoms with van der Waals surface area (Å²) in [7, 11) is 1.86. The highest BCUT2D eigenvalue weighted by Crippen LogP contribution is 2.32. The predicted molar refractivity (Wildman–Crippen MR) is 108 cm³/mol. The number of nitrogens with one attached hydrogen (secondary N) is 1. The summed E-state index contributed by atoms with van der Waals surface area (Å²) >= 11 is 0. The van der Waals surface area contributed by atoms with Gasteiger partial charge in [-0.05, 0) is 24.1 Å². The van der Waals surface area contributed by atoms with Crippen molar-refractivity contribution in [1.82, 2.24) is 30.3 Å². The Hall–Kier alpha value is -3.00. The van der Waals surface area contributed by atoms with Gasteiger partial charge in [0.15, 0.2) is 0 Å². The van der Waals surface area contributed by atoms with Gasteiger partial charge in [-0.3, -0.25) is 4.68 Å². The monoisotopic (exact) mass is 379 g/mol. The zero-order valence-electron chi connectivity index (χ0n) is 16.4. The van der Waals surface area contributed by atoms with Crippen LogP contribution in [-0.2, 0) is 7.05 Å². The molecule has 1 aliphatic rings. The van der Waals surface area contributed by atoms with Crippen molar-refractivity contribution >= 4 is 5.95 Å². The summed E-state index contributed by atoms with van der Waals surface area (Å²) in [5, 5.41) is 26.8. The molecule has 1 saturated heterocycles. The topological polar surface area (TPSA) is 92.0 Å². The van der Waals surface area contributed by atoms with Gasteiger partial charge in [0.2, 0.25) is 5.95 Å². The summed E-state index contributed by atoms with van der Waals surface area (Å²) in [4.78, 5) is 6.62. The van der Waals surface area contributed by atoms with E-state index in [4.69, 9.17) is 0 Å². The lowest BCUT2D eigenvalue weighted by Gasteiger charge is -2.18. The third-order valence-electron chi connectivity index (χ3n) is 4.90. The van der Waals surface area contributed by atoms with Crippen LogP contribution in [0.4, 0.5) is 5.95 Å². The maximum absolute atomic E-state index is 10.5. The van der Waals surface area contributed by atoms with Gasteiger partial charge in [-0.1, -0.05) is 19.9 Å². The molecular weight excluding hydrogens is 354 g/mol. The Balaban J connectivity index is 1.50. The molecule has 146 valence electrons. The third kappa shape index (κ3) is 3.82. The SMILES string of the molecule is CC(C)NC1CCN(c2ncc(-c3ccc(-c4cnn(C)c4)cc3O)nn2)C1. The molecule has 4 rings (SSSR count). The van der Waals surface area contributed by atoms with E-state index in [0.29, 0.717) is 29.3 Å². The van der Waals surface area contributed by atoms with Crippen molar-refractivity contribution in [2.24, 2.45) is 7.05 Å². The van der Waals surface area contributed by atoms with Crippen LogP contribution in [0, 0.1) is 0 Å². The number of hydrogen-bond donors (Lipinski definition) is 2. The summed E-state index contributed by atoms with van der Waals surface area (Å²) in [6.07, 6.45) is 6.41. The molecule has 3 heterocycles. The summed E-state index contributed by atoms with van der Waals surface area (Å²) in [6.45, 7) is 6.10. The molecule has 0 amide bonds. The molecular formula is C20H25N7O. The van der Waals surface area contributed by atoms with Crippen LogP contribution in [0.1, 0.15) is 20.3 Å². The van der Waals surface area contributed by atoms with Crippen LogP contribution >= 0.6 is 0 Å². The van der Waals surface area contributed by atoms with Gasteiger partial charge in [-0.25, -0.2) is 4.98 Å². The fraction of sp³-hybridized carbons (Fsp3) is 0.400. The molecule has 8 heteroatoms. The second-order valence-electron chi connectivity index (χ2n) is 7.53. The van der Waals surface area contributed by atoms with Gasteiger partial charge in [-0.2, -0.15) is 5.10 Å². The van der Waals surface area contributed by atoms with E-state index in [2.05, 4.69) is 44.3 Å². The van der Waals surface area contributed by atoms with E-state index in [-0.39, 0.29) is 5.75 Å². The van der Waals surface area contributed by atoms with Crippen LogP contribution in [0.2, 0.25) is 0 Å². The Bertz CT molecular complexity index is 951. The molecule has 0 radical (unpaired) electrons. The molecule has 1 unspecified atom stereocenters. The minimum atomic E-state index is 0.146. The Morgan fingerprint density at radius 2 is 2.04 bits per heavy atom. The molecule has 28 heavy (non-hydrogen) atoms. The van der Waals surface area contributed by atoms with Gasteiger partial charge in [0.25, 0.3) is 0 Å². The maximum atomic E-state index is 10.5. The number of benzene rings is 1. The fourth-order valence-corrected chi connectivity index (χ4v) is 3.58. The summed E-state index contributed by atoms with van der Waals surface area (Å²) < 4.78 is 1.73. The number of rotatable bonds is 5. The minimum Gasteiger partial charge on any atom is -0.507 e. The first-order valence-electron chi connectivity index (χ1n) is 9.52. The molecule has 1 aliphatic heterocycles. The number of aryl methyl sites for hydroxylation is 1. The number of aromatic hydroxyl groups is 1.